The van der Waals surface area contributed by atoms with Crippen molar-refractivity contribution in [2.75, 3.05) is 31.4 Å². The maximum absolute atomic E-state index is 12.4. The number of hydrogen-bond acceptors (Lipinski definition) is 4. The molecule has 2 aromatic rings. The van der Waals surface area contributed by atoms with Crippen LogP contribution in [0.25, 0.3) is 10.8 Å². The number of nitrogens with zero attached hydrogens (tertiary/aromatic N) is 1. The highest BCUT2D eigenvalue weighted by Crippen LogP contribution is 2.30. The Morgan fingerprint density at radius 2 is 1.70 bits per heavy atom. The average molecular weight is 293 g/mol. The Morgan fingerprint density at radius 1 is 1.05 bits per heavy atom. The van der Waals surface area contributed by atoms with Gasteiger partial charge in [-0.1, -0.05) is 24.3 Å². The van der Waals surface area contributed by atoms with Crippen LogP contribution >= 0.6 is 0 Å². The second-order valence-corrected chi connectivity index (χ2v) is 7.00. The van der Waals surface area contributed by atoms with Gasteiger partial charge in [0.1, 0.15) is 0 Å². The Labute approximate surface area is 119 Å². The molecule has 108 valence electrons. The van der Waals surface area contributed by atoms with Gasteiger partial charge in [-0.05, 0) is 18.6 Å². The zero-order valence-corrected chi connectivity index (χ0v) is 12.5. The van der Waals surface area contributed by atoms with Gasteiger partial charge >= 0.3 is 0 Å². The van der Waals surface area contributed by atoms with Crippen LogP contribution in [0.15, 0.2) is 41.3 Å². The smallest absolute Gasteiger partial charge is 0.179 e. The monoisotopic (exact) mass is 293 g/mol. The van der Waals surface area contributed by atoms with Gasteiger partial charge in [0.05, 0.1) is 10.6 Å². The van der Waals surface area contributed by atoms with Gasteiger partial charge in [0.25, 0.3) is 0 Å². The summed E-state index contributed by atoms with van der Waals surface area (Å²) in [7, 11) is 0.494. The van der Waals surface area contributed by atoms with Crippen molar-refractivity contribution in [3.63, 3.8) is 0 Å². The third kappa shape index (κ3) is 2.78. The summed E-state index contributed by atoms with van der Waals surface area (Å²) in [6, 6.07) is 11.0. The minimum atomic E-state index is -3.37. The van der Waals surface area contributed by atoms with Crippen LogP contribution in [0.4, 0.5) is 5.69 Å². The number of aliphatic hydroxyl groups is 1. The number of aliphatic hydroxyl groups excluding tert-OH is 1. The number of benzene rings is 2. The highest BCUT2D eigenvalue weighted by atomic mass is 32.2. The fourth-order valence-electron chi connectivity index (χ4n) is 2.29. The minimum absolute atomic E-state index is 0.0329. The van der Waals surface area contributed by atoms with Crippen LogP contribution in [0.2, 0.25) is 0 Å². The molecule has 0 unspecified atom stereocenters. The van der Waals surface area contributed by atoms with E-state index in [-0.39, 0.29) is 18.8 Å². The zero-order valence-electron chi connectivity index (χ0n) is 11.7. The molecule has 0 saturated carbocycles. The molecule has 0 radical (unpaired) electrons. The molecular formula is C15H19NO3S. The topological polar surface area (TPSA) is 57.6 Å². The predicted octanol–water partition coefficient (Wildman–Crippen LogP) is 2.06. The number of sulfone groups is 1. The fourth-order valence-corrected chi connectivity index (χ4v) is 3.82. The Bertz CT molecular complexity index is 708. The Balaban J connectivity index is 2.64. The summed E-state index contributed by atoms with van der Waals surface area (Å²) in [6.45, 7) is -0.118. The molecule has 0 bridgehead atoms. The van der Waals surface area contributed by atoms with Gasteiger partial charge < -0.3 is 10.0 Å². The predicted molar refractivity (Wildman–Crippen MR) is 82.0 cm³/mol. The molecule has 0 fully saturated rings. The number of fused-ring (bicyclic) bond motifs is 1. The largest absolute Gasteiger partial charge is 0.396 e. The Hall–Kier alpha value is -1.59. The van der Waals surface area contributed by atoms with Crippen molar-refractivity contribution in [1.82, 2.24) is 0 Å². The summed E-state index contributed by atoms with van der Waals surface area (Å²) in [5.41, 5.74) is 0.988. The lowest BCUT2D eigenvalue weighted by molar-refractivity contribution is 0.295. The first-order chi connectivity index (χ1) is 9.47. The van der Waals surface area contributed by atoms with Crippen LogP contribution in [-0.4, -0.2) is 40.0 Å². The molecule has 5 heteroatoms. The van der Waals surface area contributed by atoms with Crippen LogP contribution in [0.3, 0.4) is 0 Å². The van der Waals surface area contributed by atoms with E-state index in [1.54, 1.807) is 12.1 Å². The lowest BCUT2D eigenvalue weighted by Crippen LogP contribution is -2.11. The highest BCUT2D eigenvalue weighted by Gasteiger charge is 2.18. The van der Waals surface area contributed by atoms with Crippen LogP contribution < -0.4 is 4.90 Å². The molecule has 2 rings (SSSR count). The number of hydrogen-bond donors (Lipinski definition) is 1. The quantitative estimate of drug-likeness (QED) is 0.917. The maximum atomic E-state index is 12.4. The van der Waals surface area contributed by atoms with Crippen molar-refractivity contribution in [3.05, 3.63) is 36.4 Å². The van der Waals surface area contributed by atoms with Crippen molar-refractivity contribution in [3.8, 4) is 0 Å². The van der Waals surface area contributed by atoms with Gasteiger partial charge in [0.15, 0.2) is 9.84 Å². The van der Waals surface area contributed by atoms with E-state index in [0.717, 1.165) is 16.5 Å². The molecule has 0 heterocycles. The minimum Gasteiger partial charge on any atom is -0.396 e. The normalized spacial score (nSPS) is 11.8. The van der Waals surface area contributed by atoms with Gasteiger partial charge in [0, 0.05) is 37.2 Å². The molecule has 2 aromatic carbocycles. The molecule has 0 aromatic heterocycles. The third-order valence-corrected chi connectivity index (χ3v) is 5.10. The second kappa shape index (κ2) is 5.81. The SMILES string of the molecule is CN(C)c1cccc2c(S(=O)(=O)CCCO)cccc12. The van der Waals surface area contributed by atoms with Crippen molar-refractivity contribution in [2.45, 2.75) is 11.3 Å². The first-order valence-corrected chi connectivity index (χ1v) is 8.15. The molecule has 0 saturated heterocycles. The van der Waals surface area contributed by atoms with Crippen LogP contribution in [-0.2, 0) is 9.84 Å². The van der Waals surface area contributed by atoms with Crippen LogP contribution in [0.5, 0.6) is 0 Å². The number of rotatable bonds is 5. The van der Waals surface area contributed by atoms with Gasteiger partial charge in [0.2, 0.25) is 0 Å². The van der Waals surface area contributed by atoms with E-state index in [4.69, 9.17) is 5.11 Å². The molecule has 0 amide bonds. The zero-order chi connectivity index (χ0) is 14.8. The number of anilines is 1. The van der Waals surface area contributed by atoms with E-state index in [9.17, 15) is 8.42 Å². The summed E-state index contributed by atoms with van der Waals surface area (Å²) < 4.78 is 24.7. The Morgan fingerprint density at radius 3 is 2.35 bits per heavy atom. The van der Waals surface area contributed by atoms with E-state index in [1.165, 1.54) is 0 Å². The first-order valence-electron chi connectivity index (χ1n) is 6.50. The molecule has 0 atom stereocenters. The molecule has 20 heavy (non-hydrogen) atoms. The third-order valence-electron chi connectivity index (χ3n) is 3.25. The van der Waals surface area contributed by atoms with E-state index in [1.807, 2.05) is 43.3 Å². The standard InChI is InChI=1S/C15H19NO3S/c1-16(2)14-8-3-7-13-12(14)6-4-9-15(13)20(18,19)11-5-10-17/h3-4,6-9,17H,5,10-11H2,1-2H3. The van der Waals surface area contributed by atoms with Crippen LogP contribution in [0, 0.1) is 0 Å². The highest BCUT2D eigenvalue weighted by molar-refractivity contribution is 7.91. The van der Waals surface area contributed by atoms with Crippen molar-refractivity contribution >= 4 is 26.3 Å². The van der Waals surface area contributed by atoms with Crippen molar-refractivity contribution in [2.24, 2.45) is 0 Å². The molecule has 1 N–H and O–H groups in total. The van der Waals surface area contributed by atoms with E-state index >= 15 is 0 Å². The lowest BCUT2D eigenvalue weighted by Gasteiger charge is -2.16. The Kier molecular flexibility index (Phi) is 4.30. The second-order valence-electron chi connectivity index (χ2n) is 4.92. The van der Waals surface area contributed by atoms with E-state index < -0.39 is 9.84 Å². The molecule has 0 aliphatic rings. The summed E-state index contributed by atoms with van der Waals surface area (Å²) >= 11 is 0. The maximum Gasteiger partial charge on any atom is 0.179 e. The van der Waals surface area contributed by atoms with Crippen molar-refractivity contribution < 1.29 is 13.5 Å². The molecule has 0 spiro atoms. The van der Waals surface area contributed by atoms with Gasteiger partial charge in [-0.2, -0.15) is 0 Å². The van der Waals surface area contributed by atoms with Crippen LogP contribution in [0.1, 0.15) is 6.42 Å². The molecule has 0 aliphatic carbocycles. The van der Waals surface area contributed by atoms with E-state index in [0.29, 0.717) is 4.90 Å². The summed E-state index contributed by atoms with van der Waals surface area (Å²) in [5, 5.41) is 10.5. The van der Waals surface area contributed by atoms with Gasteiger partial charge in [-0.15, -0.1) is 0 Å². The average Bonchev–Trinajstić information content (AvgIpc) is 2.43. The molecule has 4 nitrogen and oxygen atoms in total. The summed E-state index contributed by atoms with van der Waals surface area (Å²) in [4.78, 5) is 2.30. The first kappa shape index (κ1) is 14.8. The van der Waals surface area contributed by atoms with Gasteiger partial charge in [-0.3, -0.25) is 0 Å². The summed E-state index contributed by atoms with van der Waals surface area (Å²) in [5.74, 6) is -0.0329. The molecular weight excluding hydrogens is 274 g/mol. The summed E-state index contributed by atoms with van der Waals surface area (Å²) in [6.07, 6.45) is 0.256. The lowest BCUT2D eigenvalue weighted by atomic mass is 10.1. The molecule has 0 aliphatic heterocycles. The fraction of sp³-hybridized carbons (Fsp3) is 0.333. The van der Waals surface area contributed by atoms with Crippen molar-refractivity contribution in [1.29, 1.82) is 0 Å². The van der Waals surface area contributed by atoms with E-state index in [2.05, 4.69) is 0 Å². The van der Waals surface area contributed by atoms with Gasteiger partial charge in [-0.25, -0.2) is 8.42 Å².